The fourth-order valence-corrected chi connectivity index (χ4v) is 11.0. The van der Waals surface area contributed by atoms with Gasteiger partial charge in [-0.2, -0.15) is 0 Å². The summed E-state index contributed by atoms with van der Waals surface area (Å²) in [6.45, 7) is 0.490. The Hall–Kier alpha value is -4.47. The van der Waals surface area contributed by atoms with E-state index in [1.807, 2.05) is 140 Å². The monoisotopic (exact) mass is 940 g/mol. The molecule has 8 rings (SSSR count). The number of rotatable bonds is 21. The van der Waals surface area contributed by atoms with Crippen molar-refractivity contribution in [3.8, 4) is 0 Å². The third kappa shape index (κ3) is 12.0. The van der Waals surface area contributed by atoms with Crippen LogP contribution in [0, 0.1) is 5.92 Å². The summed E-state index contributed by atoms with van der Waals surface area (Å²) in [5.41, 5.74) is 2.76. The number of hydrogen-bond acceptors (Lipinski definition) is 12. The molecule has 5 aromatic rings. The van der Waals surface area contributed by atoms with E-state index in [1.54, 1.807) is 0 Å². The molecule has 0 aliphatic carbocycles. The number of hydrogen-bond donors (Lipinski definition) is 3. The van der Waals surface area contributed by atoms with Gasteiger partial charge in [-0.3, -0.25) is 0 Å². The number of carbonyl (C=O) groups is 1. The maximum atomic E-state index is 12.8. The molecule has 3 heterocycles. The van der Waals surface area contributed by atoms with Crippen LogP contribution in [0.4, 0.5) is 4.79 Å². The van der Waals surface area contributed by atoms with Crippen LogP contribution in [0.25, 0.3) is 0 Å². The van der Waals surface area contributed by atoms with Crippen molar-refractivity contribution in [2.24, 2.45) is 5.92 Å². The Morgan fingerprint density at radius 1 is 0.656 bits per heavy atom. The number of aliphatic hydroxyl groups is 3. The van der Waals surface area contributed by atoms with Crippen molar-refractivity contribution in [1.29, 1.82) is 0 Å². The molecule has 12 nitrogen and oxygen atoms in total. The fraction of sp³-hybridized carbons (Fsp3) is 0.392. The normalized spacial score (nSPS) is 27.5. The van der Waals surface area contributed by atoms with E-state index in [2.05, 4.69) is 12.1 Å². The third-order valence-corrected chi connectivity index (χ3v) is 14.6. The zero-order chi connectivity index (χ0) is 44.1. The number of carbonyl (C=O) groups excluding carboxylic acids is 1. The van der Waals surface area contributed by atoms with E-state index in [-0.39, 0.29) is 54.2 Å². The Bertz CT molecular complexity index is 2140. The van der Waals surface area contributed by atoms with Crippen LogP contribution >= 0.6 is 0 Å². The van der Waals surface area contributed by atoms with Crippen molar-refractivity contribution in [2.75, 3.05) is 13.2 Å². The van der Waals surface area contributed by atoms with Crippen LogP contribution in [0.3, 0.4) is 0 Å². The minimum atomic E-state index is -1.61. The van der Waals surface area contributed by atoms with Gasteiger partial charge in [0.2, 0.25) is 0 Å². The summed E-state index contributed by atoms with van der Waals surface area (Å²) in [6, 6.07) is 49.7. The van der Waals surface area contributed by atoms with Gasteiger partial charge in [0.05, 0.1) is 0 Å². The topological polar surface area (TPSA) is 152 Å². The molecule has 0 saturated carbocycles. The van der Waals surface area contributed by atoms with Crippen LogP contribution in [0.1, 0.15) is 35.1 Å². The van der Waals surface area contributed by atoms with Gasteiger partial charge >= 0.3 is 376 Å². The van der Waals surface area contributed by atoms with Crippen LogP contribution in [0.15, 0.2) is 152 Å². The average molecular weight is 940 g/mol. The van der Waals surface area contributed by atoms with Crippen LogP contribution < -0.4 is 4.46 Å². The first-order valence-corrected chi connectivity index (χ1v) is 23.9. The molecule has 0 aromatic heterocycles. The van der Waals surface area contributed by atoms with Gasteiger partial charge in [-0.1, -0.05) is 6.07 Å². The molecule has 3 aliphatic rings. The van der Waals surface area contributed by atoms with E-state index in [9.17, 15) is 20.1 Å². The van der Waals surface area contributed by atoms with Crippen molar-refractivity contribution < 1.29 is 58.0 Å². The molecule has 0 spiro atoms. The van der Waals surface area contributed by atoms with Crippen LogP contribution in [0.2, 0.25) is 5.32 Å². The molecule has 3 unspecified atom stereocenters. The average Bonchev–Trinajstić information content (AvgIpc) is 3.72. The summed E-state index contributed by atoms with van der Waals surface area (Å²) >= 11 is -0.185. The Balaban J connectivity index is 1.21. The summed E-state index contributed by atoms with van der Waals surface area (Å²) in [4.78, 5) is 12.8. The van der Waals surface area contributed by atoms with Crippen LogP contribution in [-0.2, 0) is 64.3 Å². The Labute approximate surface area is 380 Å². The van der Waals surface area contributed by atoms with Crippen molar-refractivity contribution in [3.05, 3.63) is 174 Å². The molecule has 3 fully saturated rings. The molecule has 64 heavy (non-hydrogen) atoms. The van der Waals surface area contributed by atoms with Crippen molar-refractivity contribution in [1.82, 2.24) is 0 Å². The van der Waals surface area contributed by atoms with E-state index in [0.717, 1.165) is 26.7 Å². The quantitative estimate of drug-likeness (QED) is 0.0593. The Morgan fingerprint density at radius 3 is 1.73 bits per heavy atom. The van der Waals surface area contributed by atoms with Gasteiger partial charge in [-0.05, 0) is 0 Å². The molecular weight excluding hydrogens is 884 g/mol. The van der Waals surface area contributed by atoms with E-state index in [1.165, 1.54) is 0 Å². The first-order chi connectivity index (χ1) is 31.4. The SMILES string of the molecule is O=C1O[C@@H]2C([C@H](O)[C@H](O)CO)O[C@](C[Se]c3ccccc3)(CC3C(OCc4ccccc4)[C@H](OCc4ccccc4)O[C@@H](COCc4ccccc4)[C@@H]3OCc3ccccc3)C[C@H]2O1. The molecule has 13 heteroatoms. The minimum absolute atomic E-state index is 0.156. The van der Waals surface area contributed by atoms with E-state index < -0.39 is 79.4 Å². The second kappa shape index (κ2) is 22.6. The Kier molecular flexibility index (Phi) is 16.3. The van der Waals surface area contributed by atoms with Gasteiger partial charge in [-0.25, -0.2) is 0 Å². The van der Waals surface area contributed by atoms with Gasteiger partial charge in [0.25, 0.3) is 0 Å². The van der Waals surface area contributed by atoms with Gasteiger partial charge in [-0.15, -0.1) is 0 Å². The summed E-state index contributed by atoms with van der Waals surface area (Å²) in [5, 5.41) is 32.9. The van der Waals surface area contributed by atoms with Gasteiger partial charge in [0.15, 0.2) is 0 Å². The maximum absolute atomic E-state index is 12.8. The fourth-order valence-electron chi connectivity index (χ4n) is 8.73. The molecule has 338 valence electrons. The summed E-state index contributed by atoms with van der Waals surface area (Å²) in [5.74, 6) is -0.519. The summed E-state index contributed by atoms with van der Waals surface area (Å²) in [6.07, 6.45) is -9.63. The molecule has 3 aliphatic heterocycles. The number of ether oxygens (including phenoxy) is 8. The molecule has 0 radical (unpaired) electrons. The van der Waals surface area contributed by atoms with E-state index in [4.69, 9.17) is 37.9 Å². The van der Waals surface area contributed by atoms with E-state index >= 15 is 0 Å². The molecule has 3 N–H and O–H groups in total. The first kappa shape index (κ1) is 46.1. The van der Waals surface area contributed by atoms with E-state index in [0.29, 0.717) is 11.9 Å². The molecular formula is C51H56O12Se. The Morgan fingerprint density at radius 2 is 1.17 bits per heavy atom. The predicted molar refractivity (Wildman–Crippen MR) is 237 cm³/mol. The third-order valence-electron chi connectivity index (χ3n) is 11.9. The number of aliphatic hydroxyl groups excluding tert-OH is 3. The standard InChI is InChI=1S/C51H56O12Se/c52-28-41(53)44(54)48-47-42(61-50(55)62-47)27-51(63-48,34-64-39-24-14-5-15-25-39)26-40-45(57-30-36-18-8-2-9-19-36)43(33-56-29-35-16-6-1-7-17-35)60-49(59-32-38-22-12-4-13-23-38)46(40)58-31-37-20-10-3-11-21-37/h1-25,40-49,52-54H,26-34H2/t40?,41-,42-,43+,44-,45-,46?,47+,48?,49-,51-/m1/s1. The summed E-state index contributed by atoms with van der Waals surface area (Å²) in [7, 11) is 0. The number of fused-ring (bicyclic) bond motifs is 1. The molecule has 0 amide bonds. The molecule has 0 bridgehead atoms. The van der Waals surface area contributed by atoms with Gasteiger partial charge in [0, 0.05) is 0 Å². The molecule has 11 atom stereocenters. The van der Waals surface area contributed by atoms with Crippen molar-refractivity contribution in [2.45, 2.75) is 105 Å². The van der Waals surface area contributed by atoms with Gasteiger partial charge in [0.1, 0.15) is 0 Å². The predicted octanol–water partition coefficient (Wildman–Crippen LogP) is 5.92. The molecule has 3 saturated heterocycles. The summed E-state index contributed by atoms with van der Waals surface area (Å²) < 4.78 is 53.9. The van der Waals surface area contributed by atoms with Crippen LogP contribution in [0.5, 0.6) is 0 Å². The van der Waals surface area contributed by atoms with Crippen molar-refractivity contribution >= 4 is 25.6 Å². The second-order valence-electron chi connectivity index (χ2n) is 16.5. The van der Waals surface area contributed by atoms with Crippen molar-refractivity contribution in [3.63, 3.8) is 0 Å². The first-order valence-electron chi connectivity index (χ1n) is 21.8. The van der Waals surface area contributed by atoms with Gasteiger partial charge < -0.3 is 0 Å². The number of benzene rings is 5. The van der Waals surface area contributed by atoms with Crippen LogP contribution in [-0.4, -0.2) is 110 Å². The zero-order valence-corrected chi connectivity index (χ0v) is 37.2. The zero-order valence-electron chi connectivity index (χ0n) is 35.5. The second-order valence-corrected chi connectivity index (χ2v) is 18.7. The molecule has 5 aromatic carbocycles.